The summed E-state index contributed by atoms with van der Waals surface area (Å²) in [7, 11) is -4.15. The first-order chi connectivity index (χ1) is 14.3. The minimum atomic E-state index is -2.44. The van der Waals surface area contributed by atoms with E-state index in [1.807, 2.05) is 0 Å². The van der Waals surface area contributed by atoms with Crippen LogP contribution in [0.4, 0.5) is 0 Å². The van der Waals surface area contributed by atoms with Crippen molar-refractivity contribution in [1.29, 1.82) is 0 Å². The minimum absolute atomic E-state index is 0.0244. The van der Waals surface area contributed by atoms with Crippen molar-refractivity contribution in [3.8, 4) is 0 Å². The maximum Gasteiger partial charge on any atom is 0.261 e. The topological polar surface area (TPSA) is 18.5 Å². The number of hydrogen-bond acceptors (Lipinski definition) is 2. The molecule has 0 aliphatic rings. The predicted octanol–water partition coefficient (Wildman–Crippen LogP) is 6.61. The van der Waals surface area contributed by atoms with Crippen LogP contribution < -0.4 is 10.4 Å². The maximum atomic E-state index is 7.03. The van der Waals surface area contributed by atoms with E-state index >= 15 is 0 Å². The predicted molar refractivity (Wildman–Crippen MR) is 141 cm³/mol. The molecule has 2 nitrogen and oxygen atoms in total. The van der Waals surface area contributed by atoms with E-state index in [-0.39, 0.29) is 10.1 Å². The smallest absolute Gasteiger partial charge is 0.261 e. The highest BCUT2D eigenvalue weighted by Crippen LogP contribution is 2.38. The molecule has 0 saturated carbocycles. The van der Waals surface area contributed by atoms with Crippen molar-refractivity contribution in [2.24, 2.45) is 5.92 Å². The SMILES string of the molecule is C[C@H](CCO[Si](c1ccccc1)(c1ccccc1)C(C)(C)C)CO[Si](C)(C)C(C)(C)C. The van der Waals surface area contributed by atoms with E-state index in [9.17, 15) is 0 Å². The molecule has 0 aliphatic heterocycles. The third-order valence-corrected chi connectivity index (χ3v) is 16.4. The number of hydrogen-bond donors (Lipinski definition) is 0. The third-order valence-electron chi connectivity index (χ3n) is 6.88. The average Bonchev–Trinajstić information content (AvgIpc) is 2.69. The van der Waals surface area contributed by atoms with Crippen molar-refractivity contribution in [2.45, 2.75) is 78.1 Å². The van der Waals surface area contributed by atoms with Gasteiger partial charge in [-0.05, 0) is 45.9 Å². The molecule has 31 heavy (non-hydrogen) atoms. The third kappa shape index (κ3) is 6.19. The van der Waals surface area contributed by atoms with E-state index in [2.05, 4.69) is 122 Å². The summed E-state index contributed by atoms with van der Waals surface area (Å²) in [6.45, 7) is 22.5. The zero-order chi connectivity index (χ0) is 23.3. The Labute approximate surface area is 193 Å². The van der Waals surface area contributed by atoms with Gasteiger partial charge in [0.1, 0.15) is 0 Å². The molecule has 0 radical (unpaired) electrons. The van der Waals surface area contributed by atoms with Crippen LogP contribution in [0.15, 0.2) is 60.7 Å². The first kappa shape index (κ1) is 26.0. The monoisotopic (exact) mass is 456 g/mol. The molecular weight excluding hydrogens is 412 g/mol. The van der Waals surface area contributed by atoms with Gasteiger partial charge in [0.15, 0.2) is 8.32 Å². The fourth-order valence-electron chi connectivity index (χ4n) is 3.83. The zero-order valence-corrected chi connectivity index (χ0v) is 23.3. The van der Waals surface area contributed by atoms with E-state index in [4.69, 9.17) is 8.85 Å². The first-order valence-electron chi connectivity index (χ1n) is 11.7. The van der Waals surface area contributed by atoms with Gasteiger partial charge in [-0.15, -0.1) is 0 Å². The van der Waals surface area contributed by atoms with Gasteiger partial charge in [0.25, 0.3) is 8.32 Å². The lowest BCUT2D eigenvalue weighted by atomic mass is 10.1. The summed E-state index contributed by atoms with van der Waals surface area (Å²) in [5.74, 6) is 0.479. The standard InChI is InChI=1S/C27H44O2Si2/c1-23(22-29-30(8,9)26(2,3)4)20-21-28-31(27(5,6)7,24-16-12-10-13-17-24)25-18-14-11-15-19-25/h10-19,23H,20-22H2,1-9H3/t23-/m1/s1. The van der Waals surface area contributed by atoms with E-state index in [1.165, 1.54) is 10.4 Å². The molecule has 1 atom stereocenters. The molecule has 0 amide bonds. The summed E-state index contributed by atoms with van der Waals surface area (Å²) in [4.78, 5) is 0. The molecule has 0 bridgehead atoms. The normalized spacial score (nSPS) is 14.5. The molecule has 0 unspecified atom stereocenters. The van der Waals surface area contributed by atoms with Gasteiger partial charge in [0, 0.05) is 13.2 Å². The van der Waals surface area contributed by atoms with Crippen molar-refractivity contribution in [3.63, 3.8) is 0 Å². The Balaban J connectivity index is 2.20. The first-order valence-corrected chi connectivity index (χ1v) is 16.5. The van der Waals surface area contributed by atoms with Crippen LogP contribution in [0.25, 0.3) is 0 Å². The summed E-state index contributed by atoms with van der Waals surface area (Å²) < 4.78 is 13.5. The molecule has 2 rings (SSSR count). The molecule has 2 aromatic rings. The molecule has 2 aromatic carbocycles. The van der Waals surface area contributed by atoms with Gasteiger partial charge in [-0.25, -0.2) is 0 Å². The number of rotatable bonds is 9. The largest absolute Gasteiger partial charge is 0.417 e. The second-order valence-corrected chi connectivity index (χ2v) is 20.6. The Hall–Kier alpha value is -1.21. The minimum Gasteiger partial charge on any atom is -0.417 e. The molecule has 0 heterocycles. The van der Waals surface area contributed by atoms with E-state index in [1.54, 1.807) is 0 Å². The molecule has 0 N–H and O–H groups in total. The van der Waals surface area contributed by atoms with Crippen LogP contribution in [0.2, 0.25) is 23.2 Å². The maximum absolute atomic E-state index is 7.03. The Morgan fingerprint density at radius 2 is 1.16 bits per heavy atom. The van der Waals surface area contributed by atoms with Crippen molar-refractivity contribution in [1.82, 2.24) is 0 Å². The van der Waals surface area contributed by atoms with Crippen LogP contribution in [0.1, 0.15) is 54.9 Å². The summed E-state index contributed by atoms with van der Waals surface area (Å²) in [6, 6.07) is 21.8. The Morgan fingerprint density at radius 3 is 1.55 bits per heavy atom. The van der Waals surface area contributed by atoms with E-state index in [0.717, 1.165) is 19.6 Å². The molecule has 0 aromatic heterocycles. The van der Waals surface area contributed by atoms with Crippen molar-refractivity contribution >= 4 is 27.0 Å². The average molecular weight is 457 g/mol. The molecular formula is C27H44O2Si2. The molecule has 172 valence electrons. The van der Waals surface area contributed by atoms with E-state index in [0.29, 0.717) is 5.92 Å². The summed E-state index contributed by atoms with van der Waals surface area (Å²) in [5, 5.41) is 2.96. The highest BCUT2D eigenvalue weighted by atomic mass is 28.4. The number of benzene rings is 2. The Bertz CT molecular complexity index is 750. The summed E-state index contributed by atoms with van der Waals surface area (Å²) in [6.07, 6.45) is 1.01. The van der Waals surface area contributed by atoms with Crippen LogP contribution in [0.3, 0.4) is 0 Å². The highest BCUT2D eigenvalue weighted by Gasteiger charge is 2.50. The zero-order valence-electron chi connectivity index (χ0n) is 21.3. The van der Waals surface area contributed by atoms with E-state index < -0.39 is 16.6 Å². The molecule has 0 spiro atoms. The Kier molecular flexibility index (Phi) is 8.54. The quantitative estimate of drug-likeness (QED) is 0.395. The van der Waals surface area contributed by atoms with Gasteiger partial charge in [-0.1, -0.05) is 109 Å². The molecule has 4 heteroatoms. The van der Waals surface area contributed by atoms with Crippen LogP contribution in [-0.4, -0.2) is 29.8 Å². The lowest BCUT2D eigenvalue weighted by Gasteiger charge is -2.43. The second-order valence-electron chi connectivity index (χ2n) is 11.5. The second kappa shape index (κ2) is 10.2. The van der Waals surface area contributed by atoms with Crippen LogP contribution in [0, 0.1) is 5.92 Å². The van der Waals surface area contributed by atoms with Crippen molar-refractivity contribution < 1.29 is 8.85 Å². The van der Waals surface area contributed by atoms with Gasteiger partial charge in [-0.3, -0.25) is 0 Å². The van der Waals surface area contributed by atoms with Crippen LogP contribution >= 0.6 is 0 Å². The molecule has 0 saturated heterocycles. The highest BCUT2D eigenvalue weighted by molar-refractivity contribution is 6.99. The summed E-state index contributed by atoms with van der Waals surface area (Å²) >= 11 is 0. The molecule has 0 aliphatic carbocycles. The fourth-order valence-corrected chi connectivity index (χ4v) is 9.54. The van der Waals surface area contributed by atoms with Gasteiger partial charge in [-0.2, -0.15) is 0 Å². The van der Waals surface area contributed by atoms with Crippen molar-refractivity contribution in [2.75, 3.05) is 13.2 Å². The fraction of sp³-hybridized carbons (Fsp3) is 0.556. The van der Waals surface area contributed by atoms with Gasteiger partial charge < -0.3 is 8.85 Å². The summed E-state index contributed by atoms with van der Waals surface area (Å²) in [5.41, 5.74) is 0. The Morgan fingerprint density at radius 1 is 0.710 bits per heavy atom. The van der Waals surface area contributed by atoms with Gasteiger partial charge >= 0.3 is 0 Å². The van der Waals surface area contributed by atoms with Crippen LogP contribution in [0.5, 0.6) is 0 Å². The van der Waals surface area contributed by atoms with Gasteiger partial charge in [0.05, 0.1) is 0 Å². The lowest BCUT2D eigenvalue weighted by molar-refractivity contribution is 0.200. The van der Waals surface area contributed by atoms with Gasteiger partial charge in [0.2, 0.25) is 0 Å². The van der Waals surface area contributed by atoms with Crippen molar-refractivity contribution in [3.05, 3.63) is 60.7 Å². The lowest BCUT2D eigenvalue weighted by Crippen LogP contribution is -2.66. The van der Waals surface area contributed by atoms with Crippen LogP contribution in [-0.2, 0) is 8.85 Å². The molecule has 0 fully saturated rings.